The zero-order valence-corrected chi connectivity index (χ0v) is 9.46. The number of hydrogen-bond donors (Lipinski definition) is 2. The second-order valence-electron chi connectivity index (χ2n) is 3.74. The first-order chi connectivity index (χ1) is 7.66. The SMILES string of the molecule is NC(=O)c1ccc(OC2CCNC2)cc1Cl. The van der Waals surface area contributed by atoms with Gasteiger partial charge in [-0.25, -0.2) is 0 Å². The van der Waals surface area contributed by atoms with Crippen LogP contribution in [-0.2, 0) is 0 Å². The molecule has 1 unspecified atom stereocenters. The van der Waals surface area contributed by atoms with Crippen LogP contribution >= 0.6 is 11.6 Å². The fourth-order valence-electron chi connectivity index (χ4n) is 1.69. The third kappa shape index (κ3) is 2.46. The summed E-state index contributed by atoms with van der Waals surface area (Å²) < 4.78 is 5.69. The number of amides is 1. The summed E-state index contributed by atoms with van der Waals surface area (Å²) in [4.78, 5) is 11.0. The number of rotatable bonds is 3. The maximum atomic E-state index is 11.0. The third-order valence-corrected chi connectivity index (χ3v) is 2.84. The number of primary amides is 1. The van der Waals surface area contributed by atoms with E-state index in [1.54, 1.807) is 18.2 Å². The minimum absolute atomic E-state index is 0.176. The lowest BCUT2D eigenvalue weighted by Gasteiger charge is -2.13. The zero-order chi connectivity index (χ0) is 11.5. The maximum absolute atomic E-state index is 11.0. The molecule has 1 fully saturated rings. The predicted molar refractivity (Wildman–Crippen MR) is 61.9 cm³/mol. The second kappa shape index (κ2) is 4.72. The number of nitrogens with one attached hydrogen (secondary N) is 1. The Morgan fingerprint density at radius 1 is 1.56 bits per heavy atom. The van der Waals surface area contributed by atoms with E-state index in [9.17, 15) is 4.79 Å². The molecular weight excluding hydrogens is 228 g/mol. The van der Waals surface area contributed by atoms with Gasteiger partial charge in [-0.3, -0.25) is 4.79 Å². The molecule has 0 aromatic heterocycles. The summed E-state index contributed by atoms with van der Waals surface area (Å²) in [6.07, 6.45) is 1.16. The summed E-state index contributed by atoms with van der Waals surface area (Å²) in [6.45, 7) is 1.81. The second-order valence-corrected chi connectivity index (χ2v) is 4.15. The lowest BCUT2D eigenvalue weighted by molar-refractivity contribution is 0.100. The molecule has 0 spiro atoms. The van der Waals surface area contributed by atoms with E-state index >= 15 is 0 Å². The molecule has 1 aliphatic rings. The lowest BCUT2D eigenvalue weighted by atomic mass is 10.2. The molecule has 1 saturated heterocycles. The van der Waals surface area contributed by atoms with Gasteiger partial charge in [-0.2, -0.15) is 0 Å². The molecule has 1 heterocycles. The van der Waals surface area contributed by atoms with Crippen LogP contribution in [-0.4, -0.2) is 25.1 Å². The number of carbonyl (C=O) groups excluding carboxylic acids is 1. The minimum atomic E-state index is -0.529. The van der Waals surface area contributed by atoms with Crippen molar-refractivity contribution in [3.05, 3.63) is 28.8 Å². The zero-order valence-electron chi connectivity index (χ0n) is 8.70. The average Bonchev–Trinajstić information content (AvgIpc) is 2.70. The Morgan fingerprint density at radius 3 is 2.94 bits per heavy atom. The van der Waals surface area contributed by atoms with Crippen molar-refractivity contribution in [2.75, 3.05) is 13.1 Å². The van der Waals surface area contributed by atoms with Gasteiger partial charge in [0, 0.05) is 6.54 Å². The highest BCUT2D eigenvalue weighted by Crippen LogP contribution is 2.23. The molecule has 1 aromatic rings. The number of benzene rings is 1. The highest BCUT2D eigenvalue weighted by atomic mass is 35.5. The van der Waals surface area contributed by atoms with Crippen LogP contribution in [0.2, 0.25) is 5.02 Å². The molecule has 1 atom stereocenters. The van der Waals surface area contributed by atoms with E-state index in [0.717, 1.165) is 19.5 Å². The molecule has 5 heteroatoms. The van der Waals surface area contributed by atoms with Gasteiger partial charge in [0.15, 0.2) is 0 Å². The topological polar surface area (TPSA) is 64.4 Å². The summed E-state index contributed by atoms with van der Waals surface area (Å²) in [6, 6.07) is 4.92. The van der Waals surface area contributed by atoms with Crippen molar-refractivity contribution in [2.45, 2.75) is 12.5 Å². The summed E-state index contributed by atoms with van der Waals surface area (Å²) in [5, 5.41) is 3.53. The first-order valence-corrected chi connectivity index (χ1v) is 5.51. The summed E-state index contributed by atoms with van der Waals surface area (Å²) in [7, 11) is 0. The van der Waals surface area contributed by atoms with Crippen molar-refractivity contribution in [1.82, 2.24) is 5.32 Å². The molecule has 1 amide bonds. The molecule has 3 N–H and O–H groups in total. The van der Waals surface area contributed by atoms with Crippen LogP contribution in [0.25, 0.3) is 0 Å². The lowest BCUT2D eigenvalue weighted by Crippen LogP contribution is -2.19. The highest BCUT2D eigenvalue weighted by molar-refractivity contribution is 6.33. The number of halogens is 1. The standard InChI is InChI=1S/C11H13ClN2O2/c12-10-5-7(1-2-9(10)11(13)15)16-8-3-4-14-6-8/h1-2,5,8,14H,3-4,6H2,(H2,13,15). The third-order valence-electron chi connectivity index (χ3n) is 2.52. The van der Waals surface area contributed by atoms with E-state index in [2.05, 4.69) is 5.32 Å². The number of ether oxygens (including phenoxy) is 1. The van der Waals surface area contributed by atoms with Gasteiger partial charge in [0.05, 0.1) is 10.6 Å². The van der Waals surface area contributed by atoms with E-state index in [0.29, 0.717) is 16.3 Å². The molecule has 0 radical (unpaired) electrons. The van der Waals surface area contributed by atoms with E-state index in [1.165, 1.54) is 0 Å². The van der Waals surface area contributed by atoms with E-state index in [4.69, 9.17) is 22.1 Å². The van der Waals surface area contributed by atoms with Gasteiger partial charge in [0.2, 0.25) is 5.91 Å². The Balaban J connectivity index is 2.11. The molecule has 86 valence electrons. The molecule has 2 rings (SSSR count). The van der Waals surface area contributed by atoms with Crippen LogP contribution in [0.15, 0.2) is 18.2 Å². The first-order valence-electron chi connectivity index (χ1n) is 5.13. The van der Waals surface area contributed by atoms with Crippen LogP contribution in [0, 0.1) is 0 Å². The number of nitrogens with two attached hydrogens (primary N) is 1. The maximum Gasteiger partial charge on any atom is 0.250 e. The number of hydrogen-bond acceptors (Lipinski definition) is 3. The van der Waals surface area contributed by atoms with Crippen LogP contribution < -0.4 is 15.8 Å². The molecular formula is C11H13ClN2O2. The average molecular weight is 241 g/mol. The van der Waals surface area contributed by atoms with E-state index in [1.807, 2.05) is 0 Å². The van der Waals surface area contributed by atoms with E-state index < -0.39 is 5.91 Å². The smallest absolute Gasteiger partial charge is 0.250 e. The quantitative estimate of drug-likeness (QED) is 0.834. The van der Waals surface area contributed by atoms with Gasteiger partial charge in [0.1, 0.15) is 11.9 Å². The van der Waals surface area contributed by atoms with Gasteiger partial charge in [0.25, 0.3) is 0 Å². The Kier molecular flexibility index (Phi) is 3.31. The molecule has 1 aromatic carbocycles. The number of carbonyl (C=O) groups is 1. The van der Waals surface area contributed by atoms with Gasteiger partial charge >= 0.3 is 0 Å². The fraction of sp³-hybridized carbons (Fsp3) is 0.364. The van der Waals surface area contributed by atoms with Crippen molar-refractivity contribution in [2.24, 2.45) is 5.73 Å². The molecule has 4 nitrogen and oxygen atoms in total. The van der Waals surface area contributed by atoms with Crippen LogP contribution in [0.3, 0.4) is 0 Å². The van der Waals surface area contributed by atoms with Crippen LogP contribution in [0.5, 0.6) is 5.75 Å². The summed E-state index contributed by atoms with van der Waals surface area (Å²) in [5.74, 6) is 0.141. The van der Waals surface area contributed by atoms with Crippen LogP contribution in [0.1, 0.15) is 16.8 Å². The first kappa shape index (κ1) is 11.2. The summed E-state index contributed by atoms with van der Waals surface area (Å²) >= 11 is 5.91. The Labute approximate surface area is 98.7 Å². The fourth-order valence-corrected chi connectivity index (χ4v) is 1.95. The Bertz CT molecular complexity index is 403. The van der Waals surface area contributed by atoms with Crippen molar-refractivity contribution in [1.29, 1.82) is 0 Å². The Hall–Kier alpha value is -1.26. The monoisotopic (exact) mass is 240 g/mol. The Morgan fingerprint density at radius 2 is 2.38 bits per heavy atom. The van der Waals surface area contributed by atoms with Crippen molar-refractivity contribution in [3.63, 3.8) is 0 Å². The normalized spacial score (nSPS) is 19.7. The van der Waals surface area contributed by atoms with Crippen molar-refractivity contribution >= 4 is 17.5 Å². The van der Waals surface area contributed by atoms with Crippen LogP contribution in [0.4, 0.5) is 0 Å². The highest BCUT2D eigenvalue weighted by Gasteiger charge is 2.16. The minimum Gasteiger partial charge on any atom is -0.489 e. The van der Waals surface area contributed by atoms with Crippen molar-refractivity contribution < 1.29 is 9.53 Å². The molecule has 0 aliphatic carbocycles. The molecule has 1 aliphatic heterocycles. The largest absolute Gasteiger partial charge is 0.489 e. The predicted octanol–water partition coefficient (Wildman–Crippen LogP) is 1.18. The van der Waals surface area contributed by atoms with Gasteiger partial charge in [-0.05, 0) is 31.2 Å². The van der Waals surface area contributed by atoms with E-state index in [-0.39, 0.29) is 6.10 Å². The van der Waals surface area contributed by atoms with Gasteiger partial charge in [-0.1, -0.05) is 11.6 Å². The van der Waals surface area contributed by atoms with Gasteiger partial charge in [-0.15, -0.1) is 0 Å². The molecule has 16 heavy (non-hydrogen) atoms. The molecule has 0 bridgehead atoms. The summed E-state index contributed by atoms with van der Waals surface area (Å²) in [5.41, 5.74) is 5.47. The van der Waals surface area contributed by atoms with Crippen molar-refractivity contribution in [3.8, 4) is 5.75 Å². The van der Waals surface area contributed by atoms with Gasteiger partial charge < -0.3 is 15.8 Å². The molecule has 0 saturated carbocycles.